The number of anilines is 1. The number of thiocarbonyl (C=S) groups is 1. The molecule has 3 aromatic rings. The highest BCUT2D eigenvalue weighted by Gasteiger charge is 2.40. The van der Waals surface area contributed by atoms with Crippen molar-refractivity contribution in [1.82, 2.24) is 10.4 Å². The molecule has 6 nitrogen and oxygen atoms in total. The Balaban J connectivity index is 1.25. The molecular formula is C29H28F3N5OS. The van der Waals surface area contributed by atoms with Crippen LogP contribution in [-0.4, -0.2) is 35.5 Å². The Kier molecular flexibility index (Phi) is 7.31. The summed E-state index contributed by atoms with van der Waals surface area (Å²) in [4.78, 5) is 0. The van der Waals surface area contributed by atoms with Crippen LogP contribution in [0.5, 0.6) is 5.75 Å². The van der Waals surface area contributed by atoms with Crippen molar-refractivity contribution >= 4 is 34.9 Å². The van der Waals surface area contributed by atoms with Crippen molar-refractivity contribution in [3.8, 4) is 5.75 Å². The Labute approximate surface area is 230 Å². The van der Waals surface area contributed by atoms with E-state index in [0.717, 1.165) is 52.1 Å². The standard InChI is InChI=1S/C29H28F3N5OS/c1-17-5-4-6-18(2)25(17)34-28(39)35-33-16-19-7-13-23-21(15-19)10-14-24-26(23)36-37(3)27(24)20-8-11-22(12-9-20)38-29(30,31)32/h4-9,11-13,15-16,24,27H,10,14H2,1-3H3,(H2,34,35,39)/b33-16+. The number of halogens is 3. The van der Waals surface area contributed by atoms with E-state index >= 15 is 0 Å². The number of hydrazone groups is 2. The Morgan fingerprint density at radius 2 is 1.82 bits per heavy atom. The van der Waals surface area contributed by atoms with Crippen molar-refractivity contribution in [3.63, 3.8) is 0 Å². The highest BCUT2D eigenvalue weighted by Crippen LogP contribution is 2.43. The molecular weight excluding hydrogens is 523 g/mol. The summed E-state index contributed by atoms with van der Waals surface area (Å²) in [5.74, 6) is -0.0843. The van der Waals surface area contributed by atoms with Gasteiger partial charge in [-0.2, -0.15) is 10.2 Å². The molecule has 3 aromatic carbocycles. The van der Waals surface area contributed by atoms with E-state index in [-0.39, 0.29) is 17.7 Å². The first-order chi connectivity index (χ1) is 18.6. The average Bonchev–Trinajstić information content (AvgIpc) is 3.22. The van der Waals surface area contributed by atoms with E-state index < -0.39 is 6.36 Å². The van der Waals surface area contributed by atoms with Crippen LogP contribution in [0.1, 0.15) is 45.8 Å². The molecule has 0 fully saturated rings. The molecule has 2 aliphatic rings. The molecule has 1 aliphatic heterocycles. The van der Waals surface area contributed by atoms with Gasteiger partial charge in [-0.05, 0) is 84.9 Å². The van der Waals surface area contributed by atoms with Gasteiger partial charge in [0.15, 0.2) is 5.11 Å². The Hall–Kier alpha value is -3.92. The van der Waals surface area contributed by atoms with Crippen molar-refractivity contribution in [2.75, 3.05) is 12.4 Å². The molecule has 0 aromatic heterocycles. The topological polar surface area (TPSA) is 61.2 Å². The smallest absolute Gasteiger partial charge is 0.406 e. The lowest BCUT2D eigenvalue weighted by Crippen LogP contribution is -2.27. The fourth-order valence-electron chi connectivity index (χ4n) is 5.36. The zero-order valence-corrected chi connectivity index (χ0v) is 22.5. The molecule has 10 heteroatoms. The summed E-state index contributed by atoms with van der Waals surface area (Å²) in [5, 5.41) is 14.7. The number of aryl methyl sites for hydroxylation is 3. The lowest BCUT2D eigenvalue weighted by Gasteiger charge is -2.29. The molecule has 0 bridgehead atoms. The van der Waals surface area contributed by atoms with Crippen LogP contribution in [0, 0.1) is 19.8 Å². The Morgan fingerprint density at radius 3 is 2.51 bits per heavy atom. The predicted molar refractivity (Wildman–Crippen MR) is 151 cm³/mol. The van der Waals surface area contributed by atoms with E-state index in [4.69, 9.17) is 17.3 Å². The van der Waals surface area contributed by atoms with Crippen LogP contribution in [0.15, 0.2) is 70.9 Å². The molecule has 0 spiro atoms. The first-order valence-corrected chi connectivity index (χ1v) is 13.0. The molecule has 0 radical (unpaired) electrons. The summed E-state index contributed by atoms with van der Waals surface area (Å²) >= 11 is 5.40. The van der Waals surface area contributed by atoms with Crippen molar-refractivity contribution < 1.29 is 17.9 Å². The minimum atomic E-state index is -4.71. The van der Waals surface area contributed by atoms with Gasteiger partial charge in [0.05, 0.1) is 18.0 Å². The molecule has 2 unspecified atom stereocenters. The largest absolute Gasteiger partial charge is 0.573 e. The summed E-state index contributed by atoms with van der Waals surface area (Å²) in [7, 11) is 1.90. The van der Waals surface area contributed by atoms with Crippen LogP contribution in [-0.2, 0) is 6.42 Å². The summed E-state index contributed by atoms with van der Waals surface area (Å²) in [5.41, 5.74) is 11.2. The third kappa shape index (κ3) is 5.90. The van der Waals surface area contributed by atoms with Crippen LogP contribution in [0.2, 0.25) is 0 Å². The lowest BCUT2D eigenvalue weighted by molar-refractivity contribution is -0.274. The zero-order chi connectivity index (χ0) is 27.7. The van der Waals surface area contributed by atoms with E-state index in [1.807, 2.05) is 50.2 Å². The number of nitrogens with one attached hydrogen (secondary N) is 2. The van der Waals surface area contributed by atoms with Gasteiger partial charge in [-0.1, -0.05) is 42.5 Å². The summed E-state index contributed by atoms with van der Waals surface area (Å²) in [6, 6.07) is 18.2. The fourth-order valence-corrected chi connectivity index (χ4v) is 5.51. The van der Waals surface area contributed by atoms with Crippen LogP contribution in [0.25, 0.3) is 0 Å². The second-order valence-corrected chi connectivity index (χ2v) is 10.2. The molecule has 2 N–H and O–H groups in total. The summed E-state index contributed by atoms with van der Waals surface area (Å²) < 4.78 is 41.6. The van der Waals surface area contributed by atoms with Gasteiger partial charge in [0.2, 0.25) is 0 Å². The van der Waals surface area contributed by atoms with Gasteiger partial charge < -0.3 is 10.1 Å². The van der Waals surface area contributed by atoms with E-state index in [0.29, 0.717) is 5.11 Å². The molecule has 2 atom stereocenters. The number of para-hydroxylation sites is 1. The van der Waals surface area contributed by atoms with Crippen LogP contribution in [0.4, 0.5) is 18.9 Å². The number of fused-ring (bicyclic) bond motifs is 3. The van der Waals surface area contributed by atoms with Crippen molar-refractivity contribution in [3.05, 3.63) is 94.0 Å². The quantitative estimate of drug-likeness (QED) is 0.216. The zero-order valence-electron chi connectivity index (χ0n) is 21.7. The van der Waals surface area contributed by atoms with Gasteiger partial charge in [-0.3, -0.25) is 10.4 Å². The molecule has 0 saturated carbocycles. The molecule has 0 saturated heterocycles. The fraction of sp³-hybridized carbons (Fsp3) is 0.276. The van der Waals surface area contributed by atoms with E-state index in [1.165, 1.54) is 17.7 Å². The number of hydrogen-bond donors (Lipinski definition) is 2. The van der Waals surface area contributed by atoms with Gasteiger partial charge >= 0.3 is 6.36 Å². The third-order valence-electron chi connectivity index (χ3n) is 7.08. The number of nitrogens with zero attached hydrogens (tertiary/aromatic N) is 3. The summed E-state index contributed by atoms with van der Waals surface area (Å²) in [6.07, 6.45) is -1.23. The number of hydrogen-bond acceptors (Lipinski definition) is 5. The van der Waals surface area contributed by atoms with Gasteiger partial charge in [0.25, 0.3) is 0 Å². The monoisotopic (exact) mass is 551 g/mol. The highest BCUT2D eigenvalue weighted by molar-refractivity contribution is 7.80. The minimum Gasteiger partial charge on any atom is -0.406 e. The van der Waals surface area contributed by atoms with Gasteiger partial charge in [0, 0.05) is 24.2 Å². The van der Waals surface area contributed by atoms with Crippen molar-refractivity contribution in [2.45, 2.75) is 39.1 Å². The Bertz CT molecular complexity index is 1430. The molecule has 1 heterocycles. The number of ether oxygens (including phenoxy) is 1. The van der Waals surface area contributed by atoms with E-state index in [2.05, 4.69) is 32.7 Å². The SMILES string of the molecule is Cc1cccc(C)c1NC(=S)N/N=C/c1ccc2c(c1)CCC1C2=NN(C)C1c1ccc(OC(F)(F)F)cc1. The highest BCUT2D eigenvalue weighted by atomic mass is 32.1. The third-order valence-corrected chi connectivity index (χ3v) is 7.28. The van der Waals surface area contributed by atoms with Gasteiger partial charge in [-0.25, -0.2) is 0 Å². The number of rotatable bonds is 5. The first kappa shape index (κ1) is 26.7. The van der Waals surface area contributed by atoms with Crippen LogP contribution < -0.4 is 15.5 Å². The second kappa shape index (κ2) is 10.7. The van der Waals surface area contributed by atoms with Crippen molar-refractivity contribution in [1.29, 1.82) is 0 Å². The normalized spacial score (nSPS) is 18.4. The van der Waals surface area contributed by atoms with Gasteiger partial charge in [-0.15, -0.1) is 13.2 Å². The molecule has 202 valence electrons. The summed E-state index contributed by atoms with van der Waals surface area (Å²) in [6.45, 7) is 4.05. The molecule has 39 heavy (non-hydrogen) atoms. The van der Waals surface area contributed by atoms with E-state index in [1.54, 1.807) is 18.3 Å². The average molecular weight is 552 g/mol. The maximum Gasteiger partial charge on any atom is 0.573 e. The van der Waals surface area contributed by atoms with Crippen LogP contribution in [0.3, 0.4) is 0 Å². The first-order valence-electron chi connectivity index (χ1n) is 12.6. The second-order valence-electron chi connectivity index (χ2n) is 9.77. The van der Waals surface area contributed by atoms with Crippen molar-refractivity contribution in [2.24, 2.45) is 16.1 Å². The minimum absolute atomic E-state index is 0.0519. The maximum atomic E-state index is 12.5. The number of alkyl halides is 3. The van der Waals surface area contributed by atoms with E-state index in [9.17, 15) is 13.2 Å². The lowest BCUT2D eigenvalue weighted by atomic mass is 9.77. The predicted octanol–water partition coefficient (Wildman–Crippen LogP) is 6.48. The molecule has 5 rings (SSSR count). The molecule has 0 amide bonds. The van der Waals surface area contributed by atoms with Crippen LogP contribution >= 0.6 is 12.2 Å². The van der Waals surface area contributed by atoms with Gasteiger partial charge in [0.1, 0.15) is 5.75 Å². The number of benzene rings is 3. The molecule has 1 aliphatic carbocycles. The Morgan fingerprint density at radius 1 is 1.10 bits per heavy atom. The maximum absolute atomic E-state index is 12.5.